The zero-order valence-corrected chi connectivity index (χ0v) is 41.9. The number of anilines is 2. The first-order valence-corrected chi connectivity index (χ1v) is 25.6. The number of hydrogen-bond acceptors (Lipinski definition) is 17. The lowest BCUT2D eigenvalue weighted by Crippen LogP contribution is -2.48. The highest BCUT2D eigenvalue weighted by Gasteiger charge is 2.27. The van der Waals surface area contributed by atoms with Crippen LogP contribution in [0.15, 0.2) is 83.8 Å². The van der Waals surface area contributed by atoms with Crippen LogP contribution in [0.4, 0.5) is 10.3 Å². The molecule has 71 heavy (non-hydrogen) atoms. The third kappa shape index (κ3) is 13.8. The van der Waals surface area contributed by atoms with Crippen molar-refractivity contribution < 1.29 is 38.6 Å². The molecule has 6 aromatic heterocycles. The number of carbonyl (C=O) groups is 6. The fraction of sp³-hybridized carbons (Fsp3) is 0.277. The highest BCUT2D eigenvalue weighted by molar-refractivity contribution is 7.18. The standard InChI is InChI=1S/C24H26N6O4S2.C23H24N6O4S2/c1-14-20(22(32)29-18(23(33)34-2)13-26-21(31)19-9-5-11-35-19)36-24(28-14)25-10-4-7-15-6-3-8-17-16(15)12-27-30-17;1-13-19(21(31)28-17(22(32)33)12-25-20(30)18-8-4-10-34-18)35-23(27-13)24-9-3-6-14-5-2-7-16-15(14)11-26-29-16/h3,5-6,8-9,11-12,18H,4,7,10,13H2,1-2H3,(H,25,28)(H,26,31)(H,27,30)(H,29,32);2,4-5,7-8,10-11,17H,3,6,9,12H2,1H3,(H,24,27)(H,25,30)(H,26,29)(H,28,31)(H,32,33)/t18-;17-/m00/s1. The minimum Gasteiger partial charge on any atom is -0.480 e. The van der Waals surface area contributed by atoms with Gasteiger partial charge in [-0.3, -0.25) is 29.4 Å². The Bertz CT molecular complexity index is 3090. The van der Waals surface area contributed by atoms with E-state index in [2.05, 4.69) is 74.4 Å². The molecule has 24 heteroatoms. The topological polar surface area (TPSA) is 287 Å². The molecule has 0 aliphatic heterocycles. The fourth-order valence-electron chi connectivity index (χ4n) is 7.17. The van der Waals surface area contributed by atoms with Gasteiger partial charge in [-0.15, -0.1) is 22.7 Å². The molecule has 0 aliphatic rings. The number of aromatic nitrogens is 6. The van der Waals surface area contributed by atoms with E-state index in [1.165, 1.54) is 63.6 Å². The van der Waals surface area contributed by atoms with E-state index >= 15 is 0 Å². The van der Waals surface area contributed by atoms with Crippen LogP contribution >= 0.6 is 45.3 Å². The predicted molar refractivity (Wildman–Crippen MR) is 275 cm³/mol. The largest absolute Gasteiger partial charge is 0.480 e. The number of rotatable bonds is 22. The van der Waals surface area contributed by atoms with Crippen molar-refractivity contribution in [3.63, 3.8) is 0 Å². The maximum atomic E-state index is 12.9. The van der Waals surface area contributed by atoms with E-state index in [9.17, 15) is 33.9 Å². The van der Waals surface area contributed by atoms with Crippen molar-refractivity contribution in [3.8, 4) is 0 Å². The molecule has 8 aromatic rings. The minimum atomic E-state index is -1.27. The number of fused-ring (bicyclic) bond motifs is 2. The van der Waals surface area contributed by atoms with Crippen LogP contribution in [-0.2, 0) is 27.2 Å². The summed E-state index contributed by atoms with van der Waals surface area (Å²) in [7, 11) is 1.23. The average Bonchev–Trinajstić information content (AvgIpc) is 4.24. The predicted octanol–water partition coefficient (Wildman–Crippen LogP) is 6.18. The number of benzene rings is 2. The molecule has 0 aliphatic carbocycles. The number of hydrogen-bond donors (Lipinski definition) is 9. The normalized spacial score (nSPS) is 11.8. The summed E-state index contributed by atoms with van der Waals surface area (Å²) in [6.07, 6.45) is 7.13. The molecule has 4 amide bonds. The molecule has 0 unspecified atom stereocenters. The molecule has 370 valence electrons. The van der Waals surface area contributed by atoms with E-state index < -0.39 is 35.8 Å². The summed E-state index contributed by atoms with van der Waals surface area (Å²) in [6.45, 7) is 4.45. The Morgan fingerprint density at radius 1 is 0.634 bits per heavy atom. The zero-order chi connectivity index (χ0) is 50.3. The lowest BCUT2D eigenvalue weighted by molar-refractivity contribution is -0.142. The van der Waals surface area contributed by atoms with Gasteiger partial charge in [0.05, 0.1) is 51.7 Å². The summed E-state index contributed by atoms with van der Waals surface area (Å²) in [4.78, 5) is 84.3. The van der Waals surface area contributed by atoms with Gasteiger partial charge in [0, 0.05) is 37.0 Å². The first-order valence-electron chi connectivity index (χ1n) is 22.2. The number of ether oxygens (including phenoxy) is 1. The number of aromatic amines is 2. The Labute approximate surface area is 422 Å². The Morgan fingerprint density at radius 3 is 1.54 bits per heavy atom. The van der Waals surface area contributed by atoms with Crippen LogP contribution in [0.2, 0.25) is 0 Å². The number of nitrogens with one attached hydrogen (secondary N) is 8. The average molecular weight is 1040 g/mol. The molecule has 0 fully saturated rings. The van der Waals surface area contributed by atoms with Crippen LogP contribution in [0.3, 0.4) is 0 Å². The van der Waals surface area contributed by atoms with Crippen LogP contribution < -0.4 is 31.9 Å². The van der Waals surface area contributed by atoms with Gasteiger partial charge >= 0.3 is 11.9 Å². The summed E-state index contributed by atoms with van der Waals surface area (Å²) in [5.41, 5.74) is 5.51. The number of amides is 4. The van der Waals surface area contributed by atoms with Gasteiger partial charge in [-0.05, 0) is 85.7 Å². The number of methoxy groups -OCH3 is 1. The molecule has 0 saturated heterocycles. The Balaban J connectivity index is 0.000000209. The van der Waals surface area contributed by atoms with Crippen molar-refractivity contribution in [2.45, 2.75) is 51.6 Å². The Morgan fingerprint density at radius 2 is 1.10 bits per heavy atom. The summed E-state index contributed by atoms with van der Waals surface area (Å²) >= 11 is 4.92. The second-order valence-corrected chi connectivity index (χ2v) is 19.6. The van der Waals surface area contributed by atoms with E-state index in [0.29, 0.717) is 54.2 Å². The van der Waals surface area contributed by atoms with Gasteiger partial charge in [0.15, 0.2) is 10.3 Å². The number of carboxylic acid groups (broad SMARTS) is 1. The monoisotopic (exact) mass is 1040 g/mol. The number of carboxylic acids is 1. The van der Waals surface area contributed by atoms with E-state index in [1.807, 2.05) is 36.7 Å². The molecule has 9 N–H and O–H groups in total. The van der Waals surface area contributed by atoms with Crippen LogP contribution in [-0.4, -0.2) is 116 Å². The molecule has 0 saturated carbocycles. The van der Waals surface area contributed by atoms with E-state index in [4.69, 9.17) is 4.74 Å². The Hall–Kier alpha value is -7.54. The number of thiophene rings is 2. The smallest absolute Gasteiger partial charge is 0.330 e. The van der Waals surface area contributed by atoms with Gasteiger partial charge in [-0.1, -0.05) is 59.1 Å². The second kappa shape index (κ2) is 24.8. The summed E-state index contributed by atoms with van der Waals surface area (Å²) in [6, 6.07) is 16.7. The quantitative estimate of drug-likeness (QED) is 0.0271. The zero-order valence-electron chi connectivity index (χ0n) is 38.6. The van der Waals surface area contributed by atoms with Crippen LogP contribution in [0.25, 0.3) is 21.8 Å². The second-order valence-electron chi connectivity index (χ2n) is 15.7. The number of nitrogens with zero attached hydrogens (tertiary/aromatic N) is 4. The lowest BCUT2D eigenvalue weighted by atomic mass is 10.1. The van der Waals surface area contributed by atoms with E-state index in [-0.39, 0.29) is 24.9 Å². The summed E-state index contributed by atoms with van der Waals surface area (Å²) < 4.78 is 4.80. The Kier molecular flexibility index (Phi) is 18.0. The highest BCUT2D eigenvalue weighted by Crippen LogP contribution is 2.25. The van der Waals surface area contributed by atoms with E-state index in [0.717, 1.165) is 47.5 Å². The summed E-state index contributed by atoms with van der Waals surface area (Å²) in [5.74, 6) is -3.59. The van der Waals surface area contributed by atoms with Gasteiger partial charge in [0.2, 0.25) is 0 Å². The highest BCUT2D eigenvalue weighted by atomic mass is 32.1. The van der Waals surface area contributed by atoms with Crippen LogP contribution in [0.1, 0.15) is 74.0 Å². The molecule has 0 bridgehead atoms. The van der Waals surface area contributed by atoms with Crippen molar-refractivity contribution in [1.29, 1.82) is 0 Å². The molecule has 0 radical (unpaired) electrons. The van der Waals surface area contributed by atoms with Gasteiger partial charge in [-0.25, -0.2) is 19.6 Å². The van der Waals surface area contributed by atoms with Crippen LogP contribution in [0, 0.1) is 13.8 Å². The molecule has 2 atom stereocenters. The lowest BCUT2D eigenvalue weighted by Gasteiger charge is -2.16. The third-order valence-corrected chi connectivity index (χ3v) is 14.7. The first-order chi connectivity index (χ1) is 34.4. The number of H-pyrrole nitrogens is 2. The molecule has 6 heterocycles. The summed E-state index contributed by atoms with van der Waals surface area (Å²) in [5, 5.41) is 47.4. The van der Waals surface area contributed by atoms with Gasteiger partial charge in [0.25, 0.3) is 23.6 Å². The van der Waals surface area contributed by atoms with Gasteiger partial charge in [0.1, 0.15) is 21.8 Å². The number of thiazole rings is 2. The molecule has 20 nitrogen and oxygen atoms in total. The van der Waals surface area contributed by atoms with Crippen molar-refractivity contribution >= 4 is 113 Å². The molecular formula is C47H50N12O8S4. The maximum absolute atomic E-state index is 12.9. The molecular weight excluding hydrogens is 989 g/mol. The van der Waals surface area contributed by atoms with Crippen molar-refractivity contribution in [2.24, 2.45) is 0 Å². The van der Waals surface area contributed by atoms with Gasteiger partial charge < -0.3 is 41.7 Å². The SMILES string of the molecule is COC(=O)[C@H](CNC(=O)c1cccs1)NC(=O)c1sc(NCCCc2cccc3[nH]ncc23)nc1C.Cc1nc(NCCCc2cccc3[nH]ncc23)sc1C(=O)N[C@@H](CNC(=O)c1cccs1)C(=O)O. The number of aryl methyl sites for hydroxylation is 4. The van der Waals surface area contributed by atoms with E-state index in [1.54, 1.807) is 48.9 Å². The first kappa shape index (κ1) is 51.3. The van der Waals surface area contributed by atoms with Gasteiger partial charge in [-0.2, -0.15) is 10.2 Å². The van der Waals surface area contributed by atoms with Crippen molar-refractivity contribution in [3.05, 3.63) is 126 Å². The number of aliphatic carboxylic acids is 1. The number of carbonyl (C=O) groups excluding carboxylic acids is 5. The number of esters is 1. The molecule has 8 rings (SSSR count). The van der Waals surface area contributed by atoms with Crippen LogP contribution in [0.5, 0.6) is 0 Å². The maximum Gasteiger partial charge on any atom is 0.330 e. The third-order valence-electron chi connectivity index (χ3n) is 10.8. The molecule has 0 spiro atoms. The molecule has 2 aromatic carbocycles. The van der Waals surface area contributed by atoms with Crippen molar-refractivity contribution in [2.75, 3.05) is 43.9 Å². The minimum absolute atomic E-state index is 0.0957. The fourth-order valence-corrected chi connectivity index (χ4v) is 10.2. The van der Waals surface area contributed by atoms with Crippen molar-refractivity contribution in [1.82, 2.24) is 51.6 Å².